The number of carbonyl (C=O) groups is 1. The van der Waals surface area contributed by atoms with E-state index in [2.05, 4.69) is 15.6 Å². The van der Waals surface area contributed by atoms with E-state index >= 15 is 0 Å². The van der Waals surface area contributed by atoms with E-state index < -0.39 is 0 Å². The van der Waals surface area contributed by atoms with Crippen LogP contribution in [0.25, 0.3) is 0 Å². The van der Waals surface area contributed by atoms with Crippen LogP contribution >= 0.6 is 23.2 Å². The van der Waals surface area contributed by atoms with Gasteiger partial charge in [0.2, 0.25) is 5.91 Å². The first kappa shape index (κ1) is 14.8. The Labute approximate surface area is 125 Å². The number of aryl methyl sites for hydroxylation is 1. The molecule has 2 rings (SSSR count). The Hall–Kier alpha value is -1.63. The summed E-state index contributed by atoms with van der Waals surface area (Å²) in [7, 11) is 0. The molecule has 0 fully saturated rings. The van der Waals surface area contributed by atoms with Crippen LogP contribution in [0.1, 0.15) is 11.3 Å². The van der Waals surface area contributed by atoms with Gasteiger partial charge in [0, 0.05) is 11.6 Å². The lowest BCUT2D eigenvalue weighted by atomic mass is 10.2. The SMILES string of the molecule is Cc1cc(Cl)c(NC(=O)Cn2cc(CN)nn2)cc1Cl. The smallest absolute Gasteiger partial charge is 0.246 e. The topological polar surface area (TPSA) is 85.8 Å². The van der Waals surface area contributed by atoms with E-state index in [1.165, 1.54) is 4.68 Å². The van der Waals surface area contributed by atoms with Gasteiger partial charge in [0.25, 0.3) is 0 Å². The Bertz CT molecular complexity index is 641. The molecule has 6 nitrogen and oxygen atoms in total. The van der Waals surface area contributed by atoms with Crippen LogP contribution in [0.15, 0.2) is 18.3 Å². The molecule has 0 bridgehead atoms. The molecule has 0 atom stereocenters. The summed E-state index contributed by atoms with van der Waals surface area (Å²) in [5.41, 5.74) is 7.35. The Morgan fingerprint density at radius 3 is 2.80 bits per heavy atom. The van der Waals surface area contributed by atoms with Crippen LogP contribution < -0.4 is 11.1 Å². The fourth-order valence-corrected chi connectivity index (χ4v) is 2.02. The second-order valence-corrected chi connectivity index (χ2v) is 5.06. The van der Waals surface area contributed by atoms with Crippen molar-refractivity contribution in [3.63, 3.8) is 0 Å². The molecule has 1 aromatic heterocycles. The molecule has 0 spiro atoms. The van der Waals surface area contributed by atoms with Crippen molar-refractivity contribution < 1.29 is 4.79 Å². The quantitative estimate of drug-likeness (QED) is 0.903. The highest BCUT2D eigenvalue weighted by molar-refractivity contribution is 6.36. The van der Waals surface area contributed by atoms with Crippen LogP contribution in [0, 0.1) is 6.92 Å². The van der Waals surface area contributed by atoms with Crippen molar-refractivity contribution in [3.05, 3.63) is 39.6 Å². The Morgan fingerprint density at radius 2 is 2.15 bits per heavy atom. The maximum absolute atomic E-state index is 11.9. The van der Waals surface area contributed by atoms with Gasteiger partial charge in [0.05, 0.1) is 22.6 Å². The lowest BCUT2D eigenvalue weighted by molar-refractivity contribution is -0.116. The fourth-order valence-electron chi connectivity index (χ4n) is 1.59. The van der Waals surface area contributed by atoms with Crippen LogP contribution in [0.5, 0.6) is 0 Å². The maximum Gasteiger partial charge on any atom is 0.246 e. The van der Waals surface area contributed by atoms with Crippen molar-refractivity contribution in [1.29, 1.82) is 0 Å². The first-order valence-corrected chi connectivity index (χ1v) is 6.59. The second-order valence-electron chi connectivity index (χ2n) is 4.24. The zero-order chi connectivity index (χ0) is 14.7. The molecule has 0 radical (unpaired) electrons. The largest absolute Gasteiger partial charge is 0.325 e. The van der Waals surface area contributed by atoms with Gasteiger partial charge in [-0.25, -0.2) is 4.68 Å². The second kappa shape index (κ2) is 6.21. The maximum atomic E-state index is 11.9. The zero-order valence-corrected chi connectivity index (χ0v) is 12.2. The van der Waals surface area contributed by atoms with Gasteiger partial charge >= 0.3 is 0 Å². The number of amides is 1. The number of nitrogens with zero attached hydrogens (tertiary/aromatic N) is 3. The minimum absolute atomic E-state index is 0.0226. The summed E-state index contributed by atoms with van der Waals surface area (Å²) < 4.78 is 1.40. The van der Waals surface area contributed by atoms with Gasteiger partial charge in [-0.05, 0) is 24.6 Å². The first-order valence-electron chi connectivity index (χ1n) is 5.84. The van der Waals surface area contributed by atoms with Gasteiger partial charge in [0.1, 0.15) is 6.54 Å². The average molecular weight is 314 g/mol. The lowest BCUT2D eigenvalue weighted by Gasteiger charge is -2.09. The molecule has 0 aliphatic rings. The van der Waals surface area contributed by atoms with Gasteiger partial charge in [-0.3, -0.25) is 4.79 Å². The molecule has 2 aromatic rings. The van der Waals surface area contributed by atoms with Gasteiger partial charge < -0.3 is 11.1 Å². The molecule has 20 heavy (non-hydrogen) atoms. The summed E-state index contributed by atoms with van der Waals surface area (Å²) in [6.45, 7) is 2.14. The van der Waals surface area contributed by atoms with Crippen LogP contribution in [0.4, 0.5) is 5.69 Å². The molecular weight excluding hydrogens is 301 g/mol. The highest BCUT2D eigenvalue weighted by Gasteiger charge is 2.10. The van der Waals surface area contributed by atoms with Crippen LogP contribution in [0.3, 0.4) is 0 Å². The van der Waals surface area contributed by atoms with Crippen LogP contribution in [-0.4, -0.2) is 20.9 Å². The fraction of sp³-hybridized carbons (Fsp3) is 0.250. The van der Waals surface area contributed by atoms with E-state index in [-0.39, 0.29) is 19.0 Å². The van der Waals surface area contributed by atoms with E-state index in [9.17, 15) is 4.79 Å². The number of nitrogens with one attached hydrogen (secondary N) is 1. The molecule has 3 N–H and O–H groups in total. The highest BCUT2D eigenvalue weighted by atomic mass is 35.5. The van der Waals surface area contributed by atoms with Crippen LogP contribution in [-0.2, 0) is 17.9 Å². The van der Waals surface area contributed by atoms with E-state index in [1.54, 1.807) is 18.3 Å². The van der Waals surface area contributed by atoms with Crippen molar-refractivity contribution in [3.8, 4) is 0 Å². The molecule has 106 valence electrons. The number of nitrogens with two attached hydrogens (primary N) is 1. The number of aromatic nitrogens is 3. The van der Waals surface area contributed by atoms with E-state index in [0.717, 1.165) is 5.56 Å². The van der Waals surface area contributed by atoms with Crippen molar-refractivity contribution in [2.24, 2.45) is 5.73 Å². The van der Waals surface area contributed by atoms with Gasteiger partial charge in [-0.2, -0.15) is 0 Å². The molecule has 0 unspecified atom stereocenters. The molecular formula is C12H13Cl2N5O. The number of hydrogen-bond acceptors (Lipinski definition) is 4. The summed E-state index contributed by atoms with van der Waals surface area (Å²) in [6, 6.07) is 3.31. The van der Waals surface area contributed by atoms with Crippen molar-refractivity contribution in [2.75, 3.05) is 5.32 Å². The molecule has 0 saturated carbocycles. The standard InChI is InChI=1S/C12H13Cl2N5O/c1-7-2-10(14)11(3-9(7)13)16-12(20)6-19-5-8(4-15)17-18-19/h2-3,5H,4,6,15H2,1H3,(H,16,20). The molecule has 0 aliphatic carbocycles. The lowest BCUT2D eigenvalue weighted by Crippen LogP contribution is -2.19. The van der Waals surface area contributed by atoms with Gasteiger partial charge in [0.15, 0.2) is 0 Å². The minimum Gasteiger partial charge on any atom is -0.325 e. The number of rotatable bonds is 4. The third-order valence-corrected chi connectivity index (χ3v) is 3.34. The van der Waals surface area contributed by atoms with Gasteiger partial charge in [-0.15, -0.1) is 5.10 Å². The summed E-state index contributed by atoms with van der Waals surface area (Å²) in [6.07, 6.45) is 1.61. The van der Waals surface area contributed by atoms with E-state index in [1.807, 2.05) is 6.92 Å². The number of halogens is 2. The van der Waals surface area contributed by atoms with E-state index in [0.29, 0.717) is 21.4 Å². The zero-order valence-electron chi connectivity index (χ0n) is 10.7. The molecule has 8 heteroatoms. The molecule has 1 amide bonds. The molecule has 0 aliphatic heterocycles. The van der Waals surface area contributed by atoms with Gasteiger partial charge in [-0.1, -0.05) is 28.4 Å². The van der Waals surface area contributed by atoms with Crippen LogP contribution in [0.2, 0.25) is 10.0 Å². The monoisotopic (exact) mass is 313 g/mol. The Balaban J connectivity index is 2.06. The summed E-state index contributed by atoms with van der Waals surface area (Å²) >= 11 is 12.1. The van der Waals surface area contributed by atoms with Crippen molar-refractivity contribution >= 4 is 34.8 Å². The molecule has 1 aromatic carbocycles. The first-order chi connectivity index (χ1) is 9.49. The predicted octanol–water partition coefficient (Wildman–Crippen LogP) is 1.99. The van der Waals surface area contributed by atoms with Crippen molar-refractivity contribution in [1.82, 2.24) is 15.0 Å². The number of carbonyl (C=O) groups excluding carboxylic acids is 1. The number of anilines is 1. The highest BCUT2D eigenvalue weighted by Crippen LogP contribution is 2.28. The van der Waals surface area contributed by atoms with Crippen molar-refractivity contribution in [2.45, 2.75) is 20.0 Å². The third-order valence-electron chi connectivity index (χ3n) is 2.62. The minimum atomic E-state index is -0.278. The summed E-state index contributed by atoms with van der Waals surface area (Å²) in [5, 5.41) is 11.2. The number of hydrogen-bond donors (Lipinski definition) is 2. The average Bonchev–Trinajstić information content (AvgIpc) is 2.83. The third kappa shape index (κ3) is 3.47. The Kier molecular flexibility index (Phi) is 4.59. The Morgan fingerprint density at radius 1 is 1.40 bits per heavy atom. The molecule has 1 heterocycles. The summed E-state index contributed by atoms with van der Waals surface area (Å²) in [5.74, 6) is -0.278. The summed E-state index contributed by atoms with van der Waals surface area (Å²) in [4.78, 5) is 11.9. The number of benzene rings is 1. The predicted molar refractivity (Wildman–Crippen MR) is 77.7 cm³/mol. The normalized spacial score (nSPS) is 10.6. The molecule has 0 saturated heterocycles. The van der Waals surface area contributed by atoms with E-state index in [4.69, 9.17) is 28.9 Å².